The number of hydrogen-bond acceptors (Lipinski definition) is 9. The molecule has 3 amide bonds. The minimum Gasteiger partial charge on any atom is -0.458 e. The lowest BCUT2D eigenvalue weighted by Gasteiger charge is -2.41. The lowest BCUT2D eigenvalue weighted by atomic mass is 9.84. The van der Waals surface area contributed by atoms with Crippen molar-refractivity contribution < 1.29 is 38.2 Å². The van der Waals surface area contributed by atoms with Crippen molar-refractivity contribution in [1.82, 2.24) is 20.4 Å². The molecule has 1 aliphatic rings. The summed E-state index contributed by atoms with van der Waals surface area (Å²) in [7, 11) is 6.58. The van der Waals surface area contributed by atoms with Gasteiger partial charge in [0.1, 0.15) is 11.6 Å². The first-order valence-electron chi connectivity index (χ1n) is 20.7. The van der Waals surface area contributed by atoms with Gasteiger partial charge in [0.2, 0.25) is 17.7 Å². The molecule has 0 unspecified atom stereocenters. The molecule has 1 saturated heterocycles. The van der Waals surface area contributed by atoms with E-state index in [1.165, 1.54) is 7.11 Å². The van der Waals surface area contributed by atoms with Crippen LogP contribution in [0, 0.1) is 29.6 Å². The van der Waals surface area contributed by atoms with Crippen LogP contribution in [-0.4, -0.2) is 116 Å². The van der Waals surface area contributed by atoms with E-state index in [0.29, 0.717) is 6.42 Å². The van der Waals surface area contributed by atoms with Crippen LogP contribution in [0.2, 0.25) is 0 Å². The third-order valence-corrected chi connectivity index (χ3v) is 11.4. The Hall–Kier alpha value is -3.61. The van der Waals surface area contributed by atoms with Gasteiger partial charge in [0.05, 0.1) is 42.7 Å². The second-order valence-electron chi connectivity index (χ2n) is 17.7. The molecule has 0 spiro atoms. The van der Waals surface area contributed by atoms with E-state index in [4.69, 9.17) is 14.2 Å². The number of hydrogen-bond donors (Lipinski definition) is 2. The number of ketones is 1. The molecule has 1 aromatic carbocycles. The molecule has 1 aromatic rings. The maximum atomic E-state index is 14.4. The summed E-state index contributed by atoms with van der Waals surface area (Å²) in [6.07, 6.45) is 0.105. The number of benzene rings is 1. The number of ether oxygens (including phenoxy) is 3. The Labute approximate surface area is 343 Å². The molecule has 12 heteroatoms. The molecular formula is C45H74N4O8. The molecule has 0 aromatic heterocycles. The van der Waals surface area contributed by atoms with E-state index < -0.39 is 59.6 Å². The zero-order valence-electron chi connectivity index (χ0n) is 37.3. The molecule has 1 aliphatic heterocycles. The van der Waals surface area contributed by atoms with E-state index in [9.17, 15) is 24.0 Å². The monoisotopic (exact) mass is 799 g/mol. The number of likely N-dealkylation sites (N-methyl/N-ethyl adjacent to an activating group) is 2. The minimum absolute atomic E-state index is 0.000948. The van der Waals surface area contributed by atoms with Crippen molar-refractivity contribution in [3.05, 3.63) is 48.0 Å². The Morgan fingerprint density at radius 3 is 2.05 bits per heavy atom. The maximum Gasteiger partial charge on any atom is 0.329 e. The van der Waals surface area contributed by atoms with E-state index >= 15 is 0 Å². The Morgan fingerprint density at radius 1 is 0.947 bits per heavy atom. The number of methoxy groups -OCH3 is 2. The minimum atomic E-state index is -0.941. The van der Waals surface area contributed by atoms with Crippen LogP contribution in [0.3, 0.4) is 0 Å². The summed E-state index contributed by atoms with van der Waals surface area (Å²) in [5.41, 5.74) is 0.937. The Balaban J connectivity index is 2.35. The van der Waals surface area contributed by atoms with Gasteiger partial charge < -0.3 is 34.6 Å². The maximum absolute atomic E-state index is 14.4. The topological polar surface area (TPSA) is 144 Å². The first-order valence-corrected chi connectivity index (χ1v) is 20.7. The smallest absolute Gasteiger partial charge is 0.329 e. The van der Waals surface area contributed by atoms with Crippen molar-refractivity contribution >= 4 is 29.5 Å². The Morgan fingerprint density at radius 2 is 1.56 bits per heavy atom. The zero-order valence-corrected chi connectivity index (χ0v) is 37.3. The van der Waals surface area contributed by atoms with E-state index in [0.717, 1.165) is 17.6 Å². The van der Waals surface area contributed by atoms with Crippen molar-refractivity contribution in [3.63, 3.8) is 0 Å². The van der Waals surface area contributed by atoms with Crippen LogP contribution in [-0.2, 0) is 44.6 Å². The zero-order chi connectivity index (χ0) is 43.4. The van der Waals surface area contributed by atoms with Gasteiger partial charge in [-0.15, -0.1) is 0 Å². The molecule has 9 atom stereocenters. The van der Waals surface area contributed by atoms with Crippen LogP contribution in [0.5, 0.6) is 0 Å². The number of esters is 1. The van der Waals surface area contributed by atoms with Crippen molar-refractivity contribution in [3.8, 4) is 0 Å². The number of rotatable bonds is 22. The van der Waals surface area contributed by atoms with Crippen molar-refractivity contribution in [1.29, 1.82) is 0 Å². The van der Waals surface area contributed by atoms with Crippen molar-refractivity contribution in [2.24, 2.45) is 29.6 Å². The SMILES string of the molecule is C=C1C[C@@H]([C@H](OC)[C@@H](C)C(=O)N[C@@H](Cc2ccccc2)C(=O)OC(C)(C)C)N(C(=O)C[C@@H](OC)[C@H]([C@@H](C)CC)N(C)C(=O)[C@@H](CC(=O)[C@@H](NC)C(C)C)C(C)C)C1. The summed E-state index contributed by atoms with van der Waals surface area (Å²) in [5, 5.41) is 6.03. The van der Waals surface area contributed by atoms with Crippen LogP contribution < -0.4 is 10.6 Å². The van der Waals surface area contributed by atoms with Gasteiger partial charge in [-0.1, -0.05) is 97.4 Å². The van der Waals surface area contributed by atoms with Gasteiger partial charge in [0.15, 0.2) is 5.78 Å². The number of nitrogens with one attached hydrogen (secondary N) is 2. The number of carbonyl (C=O) groups is 5. The van der Waals surface area contributed by atoms with Gasteiger partial charge in [-0.2, -0.15) is 0 Å². The van der Waals surface area contributed by atoms with Crippen LogP contribution in [0.4, 0.5) is 0 Å². The molecule has 2 N–H and O–H groups in total. The van der Waals surface area contributed by atoms with E-state index in [1.807, 2.05) is 71.9 Å². The summed E-state index contributed by atoms with van der Waals surface area (Å²) >= 11 is 0. The fraction of sp³-hybridized carbons (Fsp3) is 0.711. The molecule has 0 saturated carbocycles. The average Bonchev–Trinajstić information content (AvgIpc) is 3.53. The summed E-state index contributed by atoms with van der Waals surface area (Å²) < 4.78 is 17.7. The van der Waals surface area contributed by atoms with Crippen LogP contribution in [0.1, 0.15) is 100 Å². The first-order chi connectivity index (χ1) is 26.6. The van der Waals surface area contributed by atoms with Crippen molar-refractivity contribution in [2.45, 2.75) is 143 Å². The first kappa shape index (κ1) is 49.5. The lowest BCUT2D eigenvalue weighted by Crippen LogP contribution is -2.55. The summed E-state index contributed by atoms with van der Waals surface area (Å²) in [4.78, 5) is 72.7. The molecule has 1 fully saturated rings. The number of amides is 3. The van der Waals surface area contributed by atoms with Gasteiger partial charge >= 0.3 is 5.97 Å². The highest BCUT2D eigenvalue weighted by Crippen LogP contribution is 2.32. The average molecular weight is 799 g/mol. The Kier molecular flexibility index (Phi) is 19.6. The quantitative estimate of drug-likeness (QED) is 0.113. The second-order valence-corrected chi connectivity index (χ2v) is 17.7. The number of likely N-dealkylation sites (tertiary alicyclic amines) is 1. The van der Waals surface area contributed by atoms with Gasteiger partial charge in [0, 0.05) is 46.6 Å². The highest BCUT2D eigenvalue weighted by molar-refractivity contribution is 5.90. The molecule has 322 valence electrons. The normalized spacial score (nSPS) is 19.0. The predicted octanol–water partition coefficient (Wildman–Crippen LogP) is 5.62. The standard InChI is InChI=1S/C45H74N4O8/c1-16-30(7)40(48(13)43(53)33(27(2)3)24-36(50)39(46-12)28(4)5)37(55-14)25-38(51)49-26-29(6)22-35(49)41(56-15)31(8)42(52)47-34(44(54)57-45(9,10)11)23-32-20-18-17-19-21-32/h17-21,27-28,30-31,33-35,37,39-41,46H,6,16,22-26H2,1-5,7-15H3,(H,47,52)/t30-,31+,33-,34-,35-,37+,39-,40-,41+/m0/s1. The largest absolute Gasteiger partial charge is 0.458 e. The van der Waals surface area contributed by atoms with E-state index in [-0.39, 0.29) is 67.2 Å². The van der Waals surface area contributed by atoms with Crippen LogP contribution >= 0.6 is 0 Å². The van der Waals surface area contributed by atoms with Gasteiger partial charge in [-0.05, 0) is 57.6 Å². The fourth-order valence-electron chi connectivity index (χ4n) is 8.06. The predicted molar refractivity (Wildman–Crippen MR) is 224 cm³/mol. The molecule has 0 bridgehead atoms. The van der Waals surface area contributed by atoms with Gasteiger partial charge in [0.25, 0.3) is 0 Å². The van der Waals surface area contributed by atoms with Gasteiger partial charge in [-0.25, -0.2) is 4.79 Å². The van der Waals surface area contributed by atoms with Crippen LogP contribution in [0.25, 0.3) is 0 Å². The molecule has 12 nitrogen and oxygen atoms in total. The summed E-state index contributed by atoms with van der Waals surface area (Å²) in [6.45, 7) is 23.5. The highest BCUT2D eigenvalue weighted by Gasteiger charge is 2.44. The molecule has 1 heterocycles. The second kappa shape index (κ2) is 22.5. The molecule has 57 heavy (non-hydrogen) atoms. The molecule has 2 rings (SSSR count). The number of carbonyl (C=O) groups excluding carboxylic acids is 5. The summed E-state index contributed by atoms with van der Waals surface area (Å²) in [6, 6.07) is 7.15. The molecule has 0 radical (unpaired) electrons. The molecular weight excluding hydrogens is 725 g/mol. The summed E-state index contributed by atoms with van der Waals surface area (Å²) in [5.74, 6) is -2.66. The number of Topliss-reactive ketones (excluding diaryl/α,β-unsaturated/α-hetero) is 1. The van der Waals surface area contributed by atoms with Gasteiger partial charge in [-0.3, -0.25) is 19.2 Å². The third-order valence-electron chi connectivity index (χ3n) is 11.4. The van der Waals surface area contributed by atoms with Crippen molar-refractivity contribution in [2.75, 3.05) is 34.9 Å². The van der Waals surface area contributed by atoms with E-state index in [2.05, 4.69) is 17.2 Å². The van der Waals surface area contributed by atoms with E-state index in [1.54, 1.807) is 58.7 Å². The third kappa shape index (κ3) is 14.0. The van der Waals surface area contributed by atoms with Crippen LogP contribution in [0.15, 0.2) is 42.5 Å². The molecule has 0 aliphatic carbocycles. The number of nitrogens with zero attached hydrogens (tertiary/aromatic N) is 2. The fourth-order valence-corrected chi connectivity index (χ4v) is 8.06. The highest BCUT2D eigenvalue weighted by atomic mass is 16.6. The Bertz CT molecular complexity index is 1490. The lowest BCUT2D eigenvalue weighted by molar-refractivity contribution is -0.159.